The van der Waals surface area contributed by atoms with E-state index in [1.807, 2.05) is 66.7 Å². The number of pyridine rings is 1. The minimum Gasteiger partial charge on any atom is -0.456 e. The maximum atomic E-state index is 14.9. The van der Waals surface area contributed by atoms with Gasteiger partial charge in [-0.25, -0.2) is 9.56 Å². The largest absolute Gasteiger partial charge is 0.456 e. The van der Waals surface area contributed by atoms with Crippen molar-refractivity contribution in [3.8, 4) is 22.5 Å². The molecule has 0 spiro atoms. The van der Waals surface area contributed by atoms with Gasteiger partial charge in [-0.15, -0.1) is 0 Å². The molecule has 4 amide bonds. The first kappa shape index (κ1) is 66.2. The van der Waals surface area contributed by atoms with Crippen molar-refractivity contribution in [1.82, 2.24) is 30.4 Å². The first-order valence-electron chi connectivity index (χ1n) is 28.6. The second kappa shape index (κ2) is 32.4. The number of carbonyl (C=O) groups is 6. The molecule has 3 heterocycles. The van der Waals surface area contributed by atoms with Crippen LogP contribution < -0.4 is 30.8 Å². The van der Waals surface area contributed by atoms with Crippen LogP contribution >= 0.6 is 29.2 Å². The average Bonchev–Trinajstić information content (AvgIpc) is 4.14. The molecule has 6 N–H and O–H groups in total. The molecule has 1 fully saturated rings. The molecule has 450 valence electrons. The number of rotatable bonds is 34. The summed E-state index contributed by atoms with van der Waals surface area (Å²) in [6.45, 7) is 12.4. The van der Waals surface area contributed by atoms with Gasteiger partial charge in [-0.2, -0.15) is 8.42 Å². The van der Waals surface area contributed by atoms with Crippen LogP contribution in [0.2, 0.25) is 0 Å². The normalized spacial score (nSPS) is 14.3. The van der Waals surface area contributed by atoms with E-state index in [1.54, 1.807) is 29.1 Å². The molecule has 1 aromatic heterocycles. The van der Waals surface area contributed by atoms with Crippen molar-refractivity contribution in [3.63, 3.8) is 0 Å². The van der Waals surface area contributed by atoms with E-state index in [0.29, 0.717) is 60.5 Å². The number of ketones is 2. The third kappa shape index (κ3) is 20.1. The van der Waals surface area contributed by atoms with Gasteiger partial charge < -0.3 is 40.0 Å². The summed E-state index contributed by atoms with van der Waals surface area (Å²) in [6.07, 6.45) is 3.03. The van der Waals surface area contributed by atoms with Crippen molar-refractivity contribution >= 4 is 91.2 Å². The van der Waals surface area contributed by atoms with E-state index in [1.165, 1.54) is 15.7 Å². The maximum absolute atomic E-state index is 14.9. The van der Waals surface area contributed by atoms with Crippen LogP contribution in [0.5, 0.6) is 0 Å². The summed E-state index contributed by atoms with van der Waals surface area (Å²) in [5, 5.41) is 10.8. The van der Waals surface area contributed by atoms with Gasteiger partial charge in [-0.1, -0.05) is 41.5 Å². The SMILES string of the molecule is CCN(CC)c1ccc2c(-c3ccccc3C(=O)N3CCCC3C(=O)NC(CS(=O)(=O)O)C(=O)CCCCCC(=O)CC(CCP(=O)(O)O)C(=O)NCCCCC(=O)NCCSSc3ccccn3)c3ccc(=[N+](CC)CC)cc-3oc2c1. The molecule has 20 nitrogen and oxygen atoms in total. The summed E-state index contributed by atoms with van der Waals surface area (Å²) >= 11 is 0. The van der Waals surface area contributed by atoms with Crippen LogP contribution in [0.1, 0.15) is 115 Å². The zero-order valence-corrected chi connectivity index (χ0v) is 51.1. The Bertz CT molecular complexity index is 3240. The highest BCUT2D eigenvalue weighted by atomic mass is 33.1. The van der Waals surface area contributed by atoms with Crippen LogP contribution in [0.3, 0.4) is 0 Å². The lowest BCUT2D eigenvalue weighted by molar-refractivity contribution is -0.129. The second-order valence-corrected chi connectivity index (χ2v) is 26.2. The molecule has 0 radical (unpaired) electrons. The van der Waals surface area contributed by atoms with Gasteiger partial charge in [0.05, 0.1) is 12.2 Å². The number of carbonyl (C=O) groups excluding carboxylic acids is 6. The minimum atomic E-state index is -4.78. The highest BCUT2D eigenvalue weighted by Gasteiger charge is 2.38. The molecule has 1 aliphatic carbocycles. The molecule has 2 aromatic carbocycles. The third-order valence-corrected chi connectivity index (χ3v) is 18.5. The molecule has 3 unspecified atom stereocenters. The number of aromatic nitrogens is 1. The summed E-state index contributed by atoms with van der Waals surface area (Å²) in [5.41, 5.74) is 4.11. The van der Waals surface area contributed by atoms with E-state index in [4.69, 9.17) is 4.42 Å². The van der Waals surface area contributed by atoms with E-state index in [9.17, 15) is 56.1 Å². The quantitative estimate of drug-likeness (QED) is 0.00573. The van der Waals surface area contributed by atoms with Crippen molar-refractivity contribution in [2.45, 2.75) is 122 Å². The summed E-state index contributed by atoms with van der Waals surface area (Å²) in [5.74, 6) is -3.65. The Morgan fingerprint density at radius 3 is 2.30 bits per heavy atom. The van der Waals surface area contributed by atoms with E-state index >= 15 is 0 Å². The predicted molar refractivity (Wildman–Crippen MR) is 326 cm³/mol. The van der Waals surface area contributed by atoms with Gasteiger partial charge in [0.2, 0.25) is 23.1 Å². The van der Waals surface area contributed by atoms with Crippen LogP contribution in [0.25, 0.3) is 33.4 Å². The Hall–Kier alpha value is -5.94. The molecular formula is C59H79N7O13PS3+. The zero-order chi connectivity index (χ0) is 60.1. The number of nitrogens with zero attached hydrogens (tertiary/aromatic N) is 4. The molecule has 3 aliphatic rings. The van der Waals surface area contributed by atoms with Gasteiger partial charge in [0.25, 0.3) is 16.0 Å². The number of amides is 4. The number of benzene rings is 3. The minimum absolute atomic E-state index is 0.00951. The smallest absolute Gasteiger partial charge is 0.325 e. The Balaban J connectivity index is 1.04. The Labute approximate surface area is 494 Å². The van der Waals surface area contributed by atoms with Crippen LogP contribution in [-0.4, -0.2) is 143 Å². The number of likely N-dealkylation sites (tertiary alicyclic amines) is 1. The van der Waals surface area contributed by atoms with Crippen molar-refractivity contribution in [3.05, 3.63) is 96.0 Å². The molecule has 0 saturated carbocycles. The first-order chi connectivity index (χ1) is 39.7. The van der Waals surface area contributed by atoms with E-state index in [-0.39, 0.29) is 76.1 Å². The summed E-state index contributed by atoms with van der Waals surface area (Å²) in [4.78, 5) is 108. The average molecular weight is 1220 g/mol. The van der Waals surface area contributed by atoms with E-state index < -0.39 is 71.1 Å². The fourth-order valence-electron chi connectivity index (χ4n) is 10.3. The Kier molecular flexibility index (Phi) is 25.8. The number of anilines is 1. The lowest BCUT2D eigenvalue weighted by Crippen LogP contribution is -2.52. The van der Waals surface area contributed by atoms with Gasteiger partial charge in [0.15, 0.2) is 5.78 Å². The number of hydrogen-bond donors (Lipinski definition) is 6. The van der Waals surface area contributed by atoms with Gasteiger partial charge in [-0.3, -0.25) is 37.9 Å². The Morgan fingerprint density at radius 2 is 1.59 bits per heavy atom. The van der Waals surface area contributed by atoms with E-state index in [2.05, 4.69) is 58.1 Å². The van der Waals surface area contributed by atoms with Crippen molar-refractivity contribution in [1.29, 1.82) is 0 Å². The summed E-state index contributed by atoms with van der Waals surface area (Å²) < 4.78 is 55.1. The van der Waals surface area contributed by atoms with Crippen LogP contribution in [0, 0.1) is 5.92 Å². The topological polar surface area (TPSA) is 286 Å². The lowest BCUT2D eigenvalue weighted by atomic mass is 9.90. The molecule has 0 bridgehead atoms. The number of unbranched alkanes of at least 4 members (excludes halogenated alkanes) is 3. The Morgan fingerprint density at radius 1 is 0.855 bits per heavy atom. The predicted octanol–water partition coefficient (Wildman–Crippen LogP) is 7.74. The number of Topliss-reactive ketones (excluding diaryl/α,β-unsaturated/α-hetero) is 2. The van der Waals surface area contributed by atoms with Gasteiger partial charge in [-0.05, 0) is 125 Å². The molecule has 3 aromatic rings. The van der Waals surface area contributed by atoms with Gasteiger partial charge in [0.1, 0.15) is 53.1 Å². The molecule has 1 saturated heterocycles. The highest BCUT2D eigenvalue weighted by Crippen LogP contribution is 2.43. The molecule has 83 heavy (non-hydrogen) atoms. The molecule has 24 heteroatoms. The third-order valence-electron chi connectivity index (χ3n) is 14.7. The van der Waals surface area contributed by atoms with E-state index in [0.717, 1.165) is 58.8 Å². The first-order valence-corrected chi connectivity index (χ1v) is 34.3. The fraction of sp³-hybridized carbons (Fsp3) is 0.492. The van der Waals surface area contributed by atoms with Gasteiger partial charge >= 0.3 is 7.60 Å². The summed E-state index contributed by atoms with van der Waals surface area (Å²) in [7, 11) is -6.18. The second-order valence-electron chi connectivity index (χ2n) is 20.5. The van der Waals surface area contributed by atoms with Crippen LogP contribution in [0.4, 0.5) is 5.69 Å². The standard InChI is InChI=1S/C59H78N7O13PS3/c1-5-64(6-2)42-26-28-47-52(38-42)79-53-39-43(65(7-3)8-4)27-29-48(53)56(47)45-20-12-13-21-46(45)59(72)66-34-18-22-50(66)58(71)63-49(40-83(76,77)78)51(68)23-11-9-10-19-44(67)37-41(30-35-80(73,74)75)57(70)62-32-16-14-24-54(69)60-33-36-81-82-55-25-15-17-31-61-55/h12-13,15,17,20-21,25-29,31,38-39,41,49-50H,5-11,14,16,18-19,22-24,30,32-37,40H2,1-4H3,(H5-,60,62,63,69,70,71,73,74,75,76,77,78)/p+1. The molecule has 3 atom stereocenters. The van der Waals surface area contributed by atoms with Crippen molar-refractivity contribution < 1.29 is 60.5 Å². The molecule has 6 rings (SSSR count). The fourth-order valence-corrected chi connectivity index (χ4v) is 13.5. The van der Waals surface area contributed by atoms with Crippen LogP contribution in [0.15, 0.2) is 94.5 Å². The number of fused-ring (bicyclic) bond motifs is 2. The number of hydrogen-bond acceptors (Lipinski definition) is 14. The monoisotopic (exact) mass is 1220 g/mol. The lowest BCUT2D eigenvalue weighted by Gasteiger charge is -2.27. The van der Waals surface area contributed by atoms with Crippen molar-refractivity contribution in [2.75, 3.05) is 68.4 Å². The maximum Gasteiger partial charge on any atom is 0.325 e. The van der Waals surface area contributed by atoms with Crippen LogP contribution in [-0.2, 0) is 38.7 Å². The highest BCUT2D eigenvalue weighted by molar-refractivity contribution is 8.76. The summed E-state index contributed by atoms with van der Waals surface area (Å²) in [6, 6.07) is 22.2. The van der Waals surface area contributed by atoms with Crippen molar-refractivity contribution in [2.24, 2.45) is 5.92 Å². The molecular weight excluding hydrogens is 1140 g/mol. The van der Waals surface area contributed by atoms with Gasteiger partial charge in [0, 0.05) is 116 Å². The molecule has 2 aliphatic heterocycles. The number of nitrogens with one attached hydrogen (secondary N) is 3. The zero-order valence-electron chi connectivity index (χ0n) is 47.8.